The topological polar surface area (TPSA) is 40.6 Å². The predicted molar refractivity (Wildman–Crippen MR) is 132 cm³/mol. The molecule has 0 N–H and O–H groups in total. The van der Waals surface area contributed by atoms with Gasteiger partial charge in [-0.05, 0) is 25.3 Å². The highest BCUT2D eigenvalue weighted by Gasteiger charge is 2.21. The molecule has 1 aromatic rings. The van der Waals surface area contributed by atoms with Gasteiger partial charge in [-0.2, -0.15) is 0 Å². The first-order valence-corrected chi connectivity index (χ1v) is 11.8. The monoisotopic (exact) mass is 472 g/mol. The number of amides is 2. The van der Waals surface area contributed by atoms with Gasteiger partial charge in [0.15, 0.2) is 4.84 Å². The fourth-order valence-electron chi connectivity index (χ4n) is 2.45. The summed E-state index contributed by atoms with van der Waals surface area (Å²) >= 11 is 12.2. The molecule has 0 radical (unpaired) electrons. The Labute approximate surface area is 196 Å². The van der Waals surface area contributed by atoms with Crippen LogP contribution in [0.4, 0.5) is 4.79 Å². The number of halogens is 2. The lowest BCUT2D eigenvalue weighted by Crippen LogP contribution is -2.39. The third kappa shape index (κ3) is 11.1. The Bertz CT molecular complexity index is 644. The van der Waals surface area contributed by atoms with E-state index in [4.69, 9.17) is 23.2 Å². The van der Waals surface area contributed by atoms with Crippen LogP contribution in [0.5, 0.6) is 0 Å². The zero-order valence-electron chi connectivity index (χ0n) is 18.4. The number of benzene rings is 1. The summed E-state index contributed by atoms with van der Waals surface area (Å²) in [5.41, 5.74) is 1.20. The van der Waals surface area contributed by atoms with Crippen LogP contribution in [0.3, 0.4) is 0 Å². The van der Waals surface area contributed by atoms with Crippen molar-refractivity contribution >= 4 is 46.1 Å². The molecule has 0 fully saturated rings. The summed E-state index contributed by atoms with van der Waals surface area (Å²) in [6.45, 7) is 17.1. The van der Waals surface area contributed by atoms with Crippen LogP contribution in [0, 0.1) is 5.92 Å². The Balaban J connectivity index is 0.000000612. The number of thioether (sulfide) groups is 1. The van der Waals surface area contributed by atoms with E-state index >= 15 is 0 Å². The quantitative estimate of drug-likeness (QED) is 0.292. The molecular formula is C23H34Cl2N2O2S. The first-order chi connectivity index (χ1) is 14.2. The van der Waals surface area contributed by atoms with Crippen molar-refractivity contribution in [1.29, 1.82) is 0 Å². The van der Waals surface area contributed by atoms with E-state index in [-0.39, 0.29) is 11.1 Å². The molecular weight excluding hydrogens is 439 g/mol. The van der Waals surface area contributed by atoms with Gasteiger partial charge in [0.1, 0.15) is 0 Å². The second-order valence-corrected chi connectivity index (χ2v) is 8.95. The number of hydrogen-bond donors (Lipinski definition) is 0. The molecule has 168 valence electrons. The van der Waals surface area contributed by atoms with Crippen LogP contribution in [0.15, 0.2) is 55.6 Å². The first kappa shape index (κ1) is 28.6. The summed E-state index contributed by atoms with van der Waals surface area (Å²) in [4.78, 5) is 25.8. The van der Waals surface area contributed by atoms with E-state index in [2.05, 4.69) is 46.1 Å². The second kappa shape index (κ2) is 16.3. The molecule has 1 aromatic carbocycles. The minimum absolute atomic E-state index is 0.183. The molecule has 0 aliphatic carbocycles. The van der Waals surface area contributed by atoms with Gasteiger partial charge >= 0.3 is 0 Å². The van der Waals surface area contributed by atoms with Crippen LogP contribution in [0.2, 0.25) is 0 Å². The minimum atomic E-state index is -1.01. The van der Waals surface area contributed by atoms with E-state index in [0.29, 0.717) is 25.0 Å². The highest BCUT2D eigenvalue weighted by Crippen LogP contribution is 2.20. The van der Waals surface area contributed by atoms with E-state index in [9.17, 15) is 9.59 Å². The zero-order valence-corrected chi connectivity index (χ0v) is 20.7. The number of alkyl halides is 2. The third-order valence-corrected chi connectivity index (χ3v) is 5.77. The number of rotatable bonds is 10. The first-order valence-electron chi connectivity index (χ1n) is 9.95. The SMILES string of the molecule is C=CCN(CC=C)C(=O)C(Cl)Cl.CCN(C(=O)SCc1ccccc1)C(C)C(C)C. The normalized spacial score (nSPS) is 11.3. The lowest BCUT2D eigenvalue weighted by atomic mass is 10.1. The van der Waals surface area contributed by atoms with Crippen molar-refractivity contribution in [3.8, 4) is 0 Å². The molecule has 0 saturated carbocycles. The predicted octanol–water partition coefficient (Wildman–Crippen LogP) is 6.40. The maximum absolute atomic E-state index is 12.2. The van der Waals surface area contributed by atoms with Gasteiger partial charge in [0.25, 0.3) is 11.1 Å². The van der Waals surface area contributed by atoms with Gasteiger partial charge in [0, 0.05) is 31.4 Å². The molecule has 30 heavy (non-hydrogen) atoms. The molecule has 7 heteroatoms. The van der Waals surface area contributed by atoms with Gasteiger partial charge in [-0.1, -0.05) is 91.3 Å². The van der Waals surface area contributed by atoms with E-state index < -0.39 is 4.84 Å². The Hall–Kier alpha value is -1.43. The minimum Gasteiger partial charge on any atom is -0.333 e. The van der Waals surface area contributed by atoms with E-state index in [0.717, 1.165) is 12.3 Å². The van der Waals surface area contributed by atoms with Crippen molar-refractivity contribution < 1.29 is 9.59 Å². The van der Waals surface area contributed by atoms with Crippen molar-refractivity contribution in [3.63, 3.8) is 0 Å². The Morgan fingerprint density at radius 3 is 2.00 bits per heavy atom. The van der Waals surface area contributed by atoms with Gasteiger partial charge in [-0.15, -0.1) is 13.2 Å². The van der Waals surface area contributed by atoms with Gasteiger partial charge in [0.2, 0.25) is 0 Å². The van der Waals surface area contributed by atoms with Crippen LogP contribution in [-0.2, 0) is 10.5 Å². The van der Waals surface area contributed by atoms with Crippen molar-refractivity contribution in [1.82, 2.24) is 9.80 Å². The highest BCUT2D eigenvalue weighted by molar-refractivity contribution is 8.12. The average molecular weight is 474 g/mol. The highest BCUT2D eigenvalue weighted by atomic mass is 35.5. The lowest BCUT2D eigenvalue weighted by molar-refractivity contribution is -0.128. The molecule has 2 amide bonds. The fraction of sp³-hybridized carbons (Fsp3) is 0.478. The largest absolute Gasteiger partial charge is 0.333 e. The van der Waals surface area contributed by atoms with E-state index in [1.165, 1.54) is 22.2 Å². The molecule has 0 aliphatic rings. The average Bonchev–Trinajstić information content (AvgIpc) is 2.73. The van der Waals surface area contributed by atoms with Gasteiger partial charge < -0.3 is 9.80 Å². The van der Waals surface area contributed by atoms with Gasteiger partial charge in [-0.25, -0.2) is 0 Å². The fourth-order valence-corrected chi connectivity index (χ4v) is 3.67. The summed E-state index contributed by atoms with van der Waals surface area (Å²) in [6, 6.07) is 10.4. The lowest BCUT2D eigenvalue weighted by Gasteiger charge is -2.30. The summed E-state index contributed by atoms with van der Waals surface area (Å²) in [5, 5.41) is 0.183. The van der Waals surface area contributed by atoms with E-state index in [1.807, 2.05) is 30.0 Å². The molecule has 4 nitrogen and oxygen atoms in total. The zero-order chi connectivity index (χ0) is 23.1. The van der Waals surface area contributed by atoms with Crippen molar-refractivity contribution in [3.05, 3.63) is 61.2 Å². The van der Waals surface area contributed by atoms with Gasteiger partial charge in [0.05, 0.1) is 0 Å². The molecule has 0 spiro atoms. The molecule has 1 unspecified atom stereocenters. The number of carbonyl (C=O) groups excluding carboxylic acids is 2. The van der Waals surface area contributed by atoms with Crippen LogP contribution >= 0.6 is 35.0 Å². The molecule has 0 aromatic heterocycles. The summed E-state index contributed by atoms with van der Waals surface area (Å²) < 4.78 is 0. The van der Waals surface area contributed by atoms with Crippen molar-refractivity contribution in [2.24, 2.45) is 5.92 Å². The van der Waals surface area contributed by atoms with Crippen LogP contribution in [0.1, 0.15) is 33.3 Å². The standard InChI is InChI=1S/C15H23NOS.C8H11Cl2NO/c1-5-16(13(4)12(2)3)15(17)18-11-14-9-7-6-8-10-14;1-3-5-11(6-4-2)8(12)7(9)10/h6-10,12-13H,5,11H2,1-4H3;3-4,7H,1-2,5-6H2. The summed E-state index contributed by atoms with van der Waals surface area (Å²) in [5.74, 6) is 0.922. The molecule has 0 saturated heterocycles. The molecule has 1 rings (SSSR count). The number of nitrogens with zero attached hydrogens (tertiary/aromatic N) is 2. The van der Waals surface area contributed by atoms with Crippen LogP contribution in [-0.4, -0.2) is 51.5 Å². The molecule has 0 bridgehead atoms. The Morgan fingerprint density at radius 1 is 1.07 bits per heavy atom. The van der Waals surface area contributed by atoms with Crippen molar-refractivity contribution in [2.45, 2.75) is 44.3 Å². The third-order valence-electron chi connectivity index (χ3n) is 4.43. The molecule has 1 atom stereocenters. The Morgan fingerprint density at radius 2 is 1.60 bits per heavy atom. The smallest absolute Gasteiger partial charge is 0.282 e. The second-order valence-electron chi connectivity index (χ2n) is 6.93. The van der Waals surface area contributed by atoms with Crippen molar-refractivity contribution in [2.75, 3.05) is 19.6 Å². The summed E-state index contributed by atoms with van der Waals surface area (Å²) in [7, 11) is 0. The molecule has 0 heterocycles. The van der Waals surface area contributed by atoms with Crippen LogP contribution in [0.25, 0.3) is 0 Å². The Kier molecular flexibility index (Phi) is 15.5. The van der Waals surface area contributed by atoms with Gasteiger partial charge in [-0.3, -0.25) is 9.59 Å². The maximum Gasteiger partial charge on any atom is 0.282 e. The number of carbonyl (C=O) groups is 2. The maximum atomic E-state index is 12.2. The van der Waals surface area contributed by atoms with Crippen LogP contribution < -0.4 is 0 Å². The number of hydrogen-bond acceptors (Lipinski definition) is 3. The summed E-state index contributed by atoms with van der Waals surface area (Å²) in [6.07, 6.45) is 3.22. The molecule has 0 aliphatic heterocycles. The van der Waals surface area contributed by atoms with E-state index in [1.54, 1.807) is 12.2 Å².